The van der Waals surface area contributed by atoms with Crippen molar-refractivity contribution in [3.8, 4) is 11.1 Å². The Labute approximate surface area is 200 Å². The molecule has 0 aliphatic heterocycles. The second-order valence-electron chi connectivity index (χ2n) is 8.35. The molecule has 0 unspecified atom stereocenters. The third-order valence-corrected chi connectivity index (χ3v) is 6.08. The van der Waals surface area contributed by atoms with Crippen LogP contribution in [0.2, 0.25) is 0 Å². The molecule has 1 aliphatic rings. The first kappa shape index (κ1) is 23.5. The summed E-state index contributed by atoms with van der Waals surface area (Å²) in [4.78, 5) is 20.5. The Morgan fingerprint density at radius 3 is 2.67 bits per heavy atom. The van der Waals surface area contributed by atoms with Crippen molar-refractivity contribution in [3.05, 3.63) is 48.3 Å². The summed E-state index contributed by atoms with van der Waals surface area (Å²) >= 11 is 0. The normalized spacial score (nSPS) is 14.7. The number of aliphatic hydroxyl groups is 1. The van der Waals surface area contributed by atoms with Crippen LogP contribution in [0.3, 0.4) is 0 Å². The number of nitrogen functional groups attached to an aromatic ring is 1. The molecule has 0 radical (unpaired) electrons. The summed E-state index contributed by atoms with van der Waals surface area (Å²) in [5.74, 6) is -0.908. The molecule has 5 N–H and O–H groups in total. The first-order valence-electron chi connectivity index (χ1n) is 10.7. The Bertz CT molecular complexity index is 1460. The molecule has 1 aromatic carbocycles. The van der Waals surface area contributed by atoms with Crippen LogP contribution in [0.15, 0.2) is 41.3 Å². The minimum atomic E-state index is -4.48. The standard InChI is InChI=1S/C22H19F4N7O3/c23-13-7-11(12-9-33(5-6-34)19-17(12)18(27)28-10-29-19)1-2-14(13)30-20(35)31-16-8-15(32-36-16)21(3-4-21)22(24,25)26/h1-2,7-10,34H,3-6H2,(H2,27,28,29)(H2,30,31,35). The summed E-state index contributed by atoms with van der Waals surface area (Å²) in [5.41, 5.74) is 4.87. The average molecular weight is 505 g/mol. The van der Waals surface area contributed by atoms with Gasteiger partial charge in [-0.1, -0.05) is 11.2 Å². The van der Waals surface area contributed by atoms with Crippen molar-refractivity contribution >= 4 is 34.5 Å². The average Bonchev–Trinajstić information content (AvgIpc) is 3.39. The molecule has 4 aromatic rings. The predicted octanol–water partition coefficient (Wildman–Crippen LogP) is 4.04. The van der Waals surface area contributed by atoms with Crippen molar-refractivity contribution in [2.75, 3.05) is 23.0 Å². The van der Waals surface area contributed by atoms with E-state index in [2.05, 4.69) is 25.8 Å². The molecule has 188 valence electrons. The van der Waals surface area contributed by atoms with E-state index in [-0.39, 0.29) is 49.1 Å². The van der Waals surface area contributed by atoms with Gasteiger partial charge in [-0.2, -0.15) is 13.2 Å². The number of carbonyl (C=O) groups excluding carboxylic acids is 1. The van der Waals surface area contributed by atoms with E-state index in [1.807, 2.05) is 0 Å². The van der Waals surface area contributed by atoms with Gasteiger partial charge >= 0.3 is 12.2 Å². The van der Waals surface area contributed by atoms with E-state index >= 15 is 0 Å². The molecular formula is C22H19F4N7O3. The van der Waals surface area contributed by atoms with Crippen molar-refractivity contribution in [2.24, 2.45) is 0 Å². The van der Waals surface area contributed by atoms with Gasteiger partial charge in [-0.15, -0.1) is 0 Å². The number of nitrogens with two attached hydrogens (primary N) is 1. The van der Waals surface area contributed by atoms with Gasteiger partial charge in [-0.25, -0.2) is 19.2 Å². The molecule has 0 bridgehead atoms. The number of halogens is 4. The molecule has 1 fully saturated rings. The van der Waals surface area contributed by atoms with Gasteiger partial charge in [0.25, 0.3) is 0 Å². The van der Waals surface area contributed by atoms with Crippen LogP contribution in [-0.2, 0) is 12.0 Å². The highest BCUT2D eigenvalue weighted by molar-refractivity contribution is 6.02. The quantitative estimate of drug-likeness (QED) is 0.290. The zero-order chi connectivity index (χ0) is 25.7. The number of urea groups is 1. The third kappa shape index (κ3) is 3.98. The number of hydrogen-bond donors (Lipinski definition) is 4. The number of alkyl halides is 3. The first-order chi connectivity index (χ1) is 17.1. The van der Waals surface area contributed by atoms with Gasteiger partial charge in [-0.3, -0.25) is 5.32 Å². The summed E-state index contributed by atoms with van der Waals surface area (Å²) < 4.78 is 61.1. The van der Waals surface area contributed by atoms with Crippen LogP contribution in [0.25, 0.3) is 22.2 Å². The van der Waals surface area contributed by atoms with Crippen LogP contribution in [-0.4, -0.2) is 43.6 Å². The van der Waals surface area contributed by atoms with Crippen LogP contribution in [0, 0.1) is 5.82 Å². The van der Waals surface area contributed by atoms with E-state index in [1.165, 1.54) is 24.5 Å². The molecule has 3 heterocycles. The van der Waals surface area contributed by atoms with Gasteiger partial charge in [0.15, 0.2) is 0 Å². The predicted molar refractivity (Wildman–Crippen MR) is 121 cm³/mol. The molecule has 1 aliphatic carbocycles. The topological polar surface area (TPSA) is 144 Å². The van der Waals surface area contributed by atoms with Gasteiger partial charge < -0.3 is 25.2 Å². The molecule has 1 saturated carbocycles. The summed E-state index contributed by atoms with van der Waals surface area (Å²) in [5, 5.41) is 17.7. The van der Waals surface area contributed by atoms with Gasteiger partial charge in [-0.05, 0) is 30.5 Å². The van der Waals surface area contributed by atoms with Crippen LogP contribution in [0.5, 0.6) is 0 Å². The zero-order valence-corrected chi connectivity index (χ0v) is 18.4. The molecule has 14 heteroatoms. The van der Waals surface area contributed by atoms with Crippen LogP contribution in [0.1, 0.15) is 18.5 Å². The summed E-state index contributed by atoms with van der Waals surface area (Å²) in [6.07, 6.45) is -1.75. The maximum atomic E-state index is 14.9. The molecule has 3 aromatic heterocycles. The van der Waals surface area contributed by atoms with Crippen molar-refractivity contribution < 1.29 is 32.0 Å². The largest absolute Gasteiger partial charge is 0.400 e. The number of carbonyl (C=O) groups is 1. The SMILES string of the molecule is Nc1ncnc2c1c(-c1ccc(NC(=O)Nc3cc(C4(C(F)(F)F)CC4)no3)c(F)c1)cn2CCO. The monoisotopic (exact) mass is 505 g/mol. The number of amides is 2. The fraction of sp³-hybridized carbons (Fsp3) is 0.273. The highest BCUT2D eigenvalue weighted by atomic mass is 19.4. The Morgan fingerprint density at radius 1 is 1.22 bits per heavy atom. The lowest BCUT2D eigenvalue weighted by molar-refractivity contribution is -0.161. The molecule has 0 atom stereocenters. The van der Waals surface area contributed by atoms with Crippen molar-refractivity contribution in [3.63, 3.8) is 0 Å². The minimum absolute atomic E-state index is 0.108. The zero-order valence-electron chi connectivity index (χ0n) is 18.4. The lowest BCUT2D eigenvalue weighted by Gasteiger charge is -2.15. The fourth-order valence-corrected chi connectivity index (χ4v) is 4.06. The van der Waals surface area contributed by atoms with Gasteiger partial charge in [0.2, 0.25) is 5.88 Å². The number of aliphatic hydroxyl groups excluding tert-OH is 1. The smallest absolute Gasteiger partial charge is 0.395 e. The Balaban J connectivity index is 1.34. The molecule has 36 heavy (non-hydrogen) atoms. The van der Waals surface area contributed by atoms with Gasteiger partial charge in [0.1, 0.15) is 34.7 Å². The fourth-order valence-electron chi connectivity index (χ4n) is 4.06. The summed E-state index contributed by atoms with van der Waals surface area (Å²) in [7, 11) is 0. The molecule has 5 rings (SSSR count). The van der Waals surface area contributed by atoms with Crippen LogP contribution < -0.4 is 16.4 Å². The van der Waals surface area contributed by atoms with E-state index in [9.17, 15) is 27.5 Å². The molecular weight excluding hydrogens is 486 g/mol. The van der Waals surface area contributed by atoms with E-state index in [0.717, 1.165) is 6.07 Å². The Morgan fingerprint density at radius 2 is 2.00 bits per heavy atom. The third-order valence-electron chi connectivity index (χ3n) is 6.08. The lowest BCUT2D eigenvalue weighted by atomic mass is 10.0. The maximum absolute atomic E-state index is 14.9. The van der Waals surface area contributed by atoms with E-state index in [1.54, 1.807) is 10.8 Å². The second kappa shape index (κ2) is 8.48. The number of benzene rings is 1. The second-order valence-corrected chi connectivity index (χ2v) is 8.35. The van der Waals surface area contributed by atoms with E-state index < -0.39 is 23.4 Å². The van der Waals surface area contributed by atoms with Crippen molar-refractivity contribution in [1.29, 1.82) is 0 Å². The minimum Gasteiger partial charge on any atom is -0.395 e. The maximum Gasteiger partial charge on any atom is 0.400 e. The highest BCUT2D eigenvalue weighted by Crippen LogP contribution is 2.58. The van der Waals surface area contributed by atoms with Gasteiger partial charge in [0.05, 0.1) is 17.7 Å². The summed E-state index contributed by atoms with van der Waals surface area (Å²) in [6, 6.07) is 4.10. The summed E-state index contributed by atoms with van der Waals surface area (Å²) in [6.45, 7) is 0.0893. The number of hydrogen-bond acceptors (Lipinski definition) is 7. The van der Waals surface area contributed by atoms with E-state index in [0.29, 0.717) is 22.2 Å². The molecule has 10 nitrogen and oxygen atoms in total. The number of aromatic nitrogens is 4. The molecule has 0 saturated heterocycles. The lowest BCUT2D eigenvalue weighted by Crippen LogP contribution is -2.28. The first-order valence-corrected chi connectivity index (χ1v) is 10.7. The Kier molecular flexibility index (Phi) is 5.54. The van der Waals surface area contributed by atoms with Crippen LogP contribution >= 0.6 is 0 Å². The highest BCUT2D eigenvalue weighted by Gasteiger charge is 2.66. The number of fused-ring (bicyclic) bond motifs is 1. The number of anilines is 3. The van der Waals surface area contributed by atoms with Crippen LogP contribution in [0.4, 0.5) is 39.7 Å². The van der Waals surface area contributed by atoms with Gasteiger partial charge in [0, 0.05) is 24.4 Å². The molecule has 2 amide bonds. The van der Waals surface area contributed by atoms with Crippen molar-refractivity contribution in [1.82, 2.24) is 19.7 Å². The number of nitrogens with one attached hydrogen (secondary N) is 2. The van der Waals surface area contributed by atoms with Crippen molar-refractivity contribution in [2.45, 2.75) is 31.0 Å². The van der Waals surface area contributed by atoms with E-state index in [4.69, 9.17) is 10.3 Å². The Hall–Kier alpha value is -4.20. The number of rotatable bonds is 6. The number of nitrogens with zero attached hydrogens (tertiary/aromatic N) is 4. The molecule has 0 spiro atoms.